The van der Waals surface area contributed by atoms with E-state index in [1.165, 1.54) is 0 Å². The summed E-state index contributed by atoms with van der Waals surface area (Å²) >= 11 is 0. The maximum Gasteiger partial charge on any atom is 0.239 e. The Morgan fingerprint density at radius 1 is 1.27 bits per heavy atom. The average Bonchev–Trinajstić information content (AvgIpc) is 2.71. The van der Waals surface area contributed by atoms with Gasteiger partial charge in [0.05, 0.1) is 30.1 Å². The highest BCUT2D eigenvalue weighted by molar-refractivity contribution is 7.91. The summed E-state index contributed by atoms with van der Waals surface area (Å²) in [6.45, 7) is 6.48. The number of para-hydroxylation sites is 1. The van der Waals surface area contributed by atoms with Crippen LogP contribution in [0.25, 0.3) is 0 Å². The molecule has 3 rings (SSSR count). The molecule has 0 bridgehead atoms. The van der Waals surface area contributed by atoms with Crippen molar-refractivity contribution in [1.82, 2.24) is 5.32 Å². The van der Waals surface area contributed by atoms with Crippen LogP contribution >= 0.6 is 0 Å². The zero-order chi connectivity index (χ0) is 16.1. The molecule has 1 aromatic rings. The Hall–Kier alpha value is -1.56. The second-order valence-electron chi connectivity index (χ2n) is 6.61. The van der Waals surface area contributed by atoms with Crippen molar-refractivity contribution in [3.05, 3.63) is 29.3 Å². The molecule has 120 valence electrons. The topological polar surface area (TPSA) is 66.5 Å². The van der Waals surface area contributed by atoms with E-state index in [4.69, 9.17) is 0 Å². The number of anilines is 1. The standard InChI is InChI=1S/C16H22N2O3S/c1-10(2)12-6-4-5-11(3)16(12)18-7-15(19)17-13-8-22(20,21)9-14(13)18/h4-6,10,13-14H,7-9H2,1-3H3,(H,17,19)/t13-,14-/m0/s1. The van der Waals surface area contributed by atoms with Crippen LogP contribution in [0.5, 0.6) is 0 Å². The second kappa shape index (κ2) is 5.26. The van der Waals surface area contributed by atoms with E-state index in [1.807, 2.05) is 24.0 Å². The lowest BCUT2D eigenvalue weighted by atomic mass is 9.95. The van der Waals surface area contributed by atoms with Crippen LogP contribution in [0.4, 0.5) is 5.69 Å². The van der Waals surface area contributed by atoms with Gasteiger partial charge in [-0.3, -0.25) is 4.79 Å². The van der Waals surface area contributed by atoms with E-state index in [1.54, 1.807) is 0 Å². The summed E-state index contributed by atoms with van der Waals surface area (Å²) in [7, 11) is -3.10. The highest BCUT2D eigenvalue weighted by atomic mass is 32.2. The van der Waals surface area contributed by atoms with E-state index in [0.717, 1.165) is 16.8 Å². The number of benzene rings is 1. The first kappa shape index (κ1) is 15.3. The van der Waals surface area contributed by atoms with Crippen LogP contribution in [0.1, 0.15) is 30.9 Å². The monoisotopic (exact) mass is 322 g/mol. The lowest BCUT2D eigenvalue weighted by molar-refractivity contribution is -0.121. The maximum atomic E-state index is 12.0. The van der Waals surface area contributed by atoms with E-state index in [-0.39, 0.29) is 36.0 Å². The Morgan fingerprint density at radius 3 is 2.68 bits per heavy atom. The summed E-state index contributed by atoms with van der Waals surface area (Å²) in [6, 6.07) is 5.64. The second-order valence-corrected chi connectivity index (χ2v) is 8.77. The van der Waals surface area contributed by atoms with E-state index >= 15 is 0 Å². The van der Waals surface area contributed by atoms with Gasteiger partial charge in [-0.25, -0.2) is 8.42 Å². The Morgan fingerprint density at radius 2 is 2.00 bits per heavy atom. The SMILES string of the molecule is Cc1cccc(C(C)C)c1N1CC(=O)N[C@H]2CS(=O)(=O)C[C@@H]21. The van der Waals surface area contributed by atoms with Gasteiger partial charge in [-0.2, -0.15) is 0 Å². The molecular weight excluding hydrogens is 300 g/mol. The molecule has 2 atom stereocenters. The molecule has 2 fully saturated rings. The fourth-order valence-electron chi connectivity index (χ4n) is 3.58. The van der Waals surface area contributed by atoms with E-state index in [2.05, 4.69) is 25.2 Å². The first-order chi connectivity index (χ1) is 10.3. The van der Waals surface area contributed by atoms with Crippen molar-refractivity contribution in [2.24, 2.45) is 0 Å². The summed E-state index contributed by atoms with van der Waals surface area (Å²) in [5.41, 5.74) is 3.28. The number of rotatable bonds is 2. The van der Waals surface area contributed by atoms with Gasteiger partial charge in [-0.05, 0) is 24.0 Å². The smallest absolute Gasteiger partial charge is 0.239 e. The summed E-state index contributed by atoms with van der Waals surface area (Å²) in [6.07, 6.45) is 0. The van der Waals surface area contributed by atoms with Crippen molar-refractivity contribution in [3.63, 3.8) is 0 Å². The lowest BCUT2D eigenvalue weighted by Crippen LogP contribution is -2.60. The minimum atomic E-state index is -3.10. The number of fused-ring (bicyclic) bond motifs is 1. The third-order valence-electron chi connectivity index (χ3n) is 4.56. The molecule has 0 unspecified atom stereocenters. The molecule has 6 heteroatoms. The van der Waals surface area contributed by atoms with Crippen LogP contribution in [0.2, 0.25) is 0 Å². The maximum absolute atomic E-state index is 12.0. The number of piperazine rings is 1. The number of nitrogens with zero attached hydrogens (tertiary/aromatic N) is 1. The van der Waals surface area contributed by atoms with Crippen molar-refractivity contribution in [1.29, 1.82) is 0 Å². The number of sulfone groups is 1. The largest absolute Gasteiger partial charge is 0.356 e. The van der Waals surface area contributed by atoms with Crippen LogP contribution in [-0.4, -0.2) is 44.5 Å². The van der Waals surface area contributed by atoms with Gasteiger partial charge in [0.2, 0.25) is 5.91 Å². The molecule has 2 aliphatic heterocycles. The number of aryl methyl sites for hydroxylation is 1. The van der Waals surface area contributed by atoms with Gasteiger partial charge in [0.25, 0.3) is 0 Å². The van der Waals surface area contributed by atoms with Gasteiger partial charge >= 0.3 is 0 Å². The quantitative estimate of drug-likeness (QED) is 0.889. The molecule has 1 aromatic carbocycles. The van der Waals surface area contributed by atoms with Crippen LogP contribution in [0.15, 0.2) is 18.2 Å². The van der Waals surface area contributed by atoms with Gasteiger partial charge in [0, 0.05) is 5.69 Å². The third-order valence-corrected chi connectivity index (χ3v) is 6.28. The first-order valence-corrected chi connectivity index (χ1v) is 9.46. The minimum Gasteiger partial charge on any atom is -0.356 e. The molecular formula is C16H22N2O3S. The van der Waals surface area contributed by atoms with Gasteiger partial charge in [-0.1, -0.05) is 32.0 Å². The highest BCUT2D eigenvalue weighted by Crippen LogP contribution is 2.35. The molecule has 0 spiro atoms. The molecule has 0 saturated carbocycles. The summed E-state index contributed by atoms with van der Waals surface area (Å²) < 4.78 is 24.0. The van der Waals surface area contributed by atoms with E-state index in [0.29, 0.717) is 5.92 Å². The van der Waals surface area contributed by atoms with Gasteiger partial charge < -0.3 is 10.2 Å². The number of carbonyl (C=O) groups is 1. The number of carbonyl (C=O) groups excluding carboxylic acids is 1. The van der Waals surface area contributed by atoms with Gasteiger partial charge in [-0.15, -0.1) is 0 Å². The van der Waals surface area contributed by atoms with Crippen molar-refractivity contribution in [2.45, 2.75) is 38.8 Å². The molecule has 2 heterocycles. The average molecular weight is 322 g/mol. The van der Waals surface area contributed by atoms with Crippen molar-refractivity contribution < 1.29 is 13.2 Å². The Labute approximate surface area is 131 Å². The van der Waals surface area contributed by atoms with Crippen molar-refractivity contribution >= 4 is 21.4 Å². The van der Waals surface area contributed by atoms with E-state index < -0.39 is 9.84 Å². The zero-order valence-corrected chi connectivity index (χ0v) is 14.0. The van der Waals surface area contributed by atoms with Gasteiger partial charge in [0.15, 0.2) is 9.84 Å². The fourth-order valence-corrected chi connectivity index (χ4v) is 5.50. The number of hydrogen-bond donors (Lipinski definition) is 1. The molecule has 1 N–H and O–H groups in total. The van der Waals surface area contributed by atoms with Crippen LogP contribution < -0.4 is 10.2 Å². The number of nitrogens with one attached hydrogen (secondary N) is 1. The zero-order valence-electron chi connectivity index (χ0n) is 13.2. The van der Waals surface area contributed by atoms with E-state index in [9.17, 15) is 13.2 Å². The minimum absolute atomic E-state index is 0.0444. The molecule has 2 aliphatic rings. The molecule has 5 nitrogen and oxygen atoms in total. The predicted octanol–water partition coefficient (Wildman–Crippen LogP) is 1.22. The molecule has 0 radical (unpaired) electrons. The van der Waals surface area contributed by atoms with Crippen molar-refractivity contribution in [2.75, 3.05) is 23.0 Å². The molecule has 2 saturated heterocycles. The molecule has 22 heavy (non-hydrogen) atoms. The summed E-state index contributed by atoms with van der Waals surface area (Å²) in [4.78, 5) is 14.1. The molecule has 0 aromatic heterocycles. The highest BCUT2D eigenvalue weighted by Gasteiger charge is 2.46. The normalized spacial score (nSPS) is 26.9. The third kappa shape index (κ3) is 2.60. The Bertz CT molecular complexity index is 712. The Balaban J connectivity index is 2.09. The summed E-state index contributed by atoms with van der Waals surface area (Å²) in [5, 5.41) is 2.84. The molecule has 1 amide bonds. The number of hydrogen-bond acceptors (Lipinski definition) is 4. The first-order valence-electron chi connectivity index (χ1n) is 7.64. The number of amides is 1. The molecule has 0 aliphatic carbocycles. The van der Waals surface area contributed by atoms with Crippen LogP contribution in [0, 0.1) is 6.92 Å². The Kier molecular flexibility index (Phi) is 3.67. The van der Waals surface area contributed by atoms with Gasteiger partial charge in [0.1, 0.15) is 0 Å². The van der Waals surface area contributed by atoms with Crippen LogP contribution in [0.3, 0.4) is 0 Å². The fraction of sp³-hybridized carbons (Fsp3) is 0.562. The lowest BCUT2D eigenvalue weighted by Gasteiger charge is -2.40. The van der Waals surface area contributed by atoms with Crippen LogP contribution in [-0.2, 0) is 14.6 Å². The summed E-state index contributed by atoms with van der Waals surface area (Å²) in [5.74, 6) is 0.375. The van der Waals surface area contributed by atoms with Crippen molar-refractivity contribution in [3.8, 4) is 0 Å². The predicted molar refractivity (Wildman–Crippen MR) is 87.0 cm³/mol.